The predicted octanol–water partition coefficient (Wildman–Crippen LogP) is 5.59. The van der Waals surface area contributed by atoms with Crippen LogP contribution >= 0.6 is 11.6 Å². The molecule has 5 heterocycles. The van der Waals surface area contributed by atoms with Crippen LogP contribution in [-0.4, -0.2) is 73.3 Å². The Kier molecular flexibility index (Phi) is 9.54. The molecule has 2 aromatic carbocycles. The number of nitrogens with zero attached hydrogens (tertiary/aromatic N) is 6. The highest BCUT2D eigenvalue weighted by molar-refractivity contribution is 6.30. The summed E-state index contributed by atoms with van der Waals surface area (Å²) in [5.41, 5.74) is 4.26. The van der Waals surface area contributed by atoms with E-state index in [9.17, 15) is 19.2 Å². The summed E-state index contributed by atoms with van der Waals surface area (Å²) in [5.74, 6) is 0.588. The fourth-order valence-electron chi connectivity index (χ4n) is 8.70. The Balaban J connectivity index is 0.887. The number of imide groups is 1. The zero-order valence-corrected chi connectivity index (χ0v) is 30.6. The Morgan fingerprint density at radius 3 is 2.53 bits per heavy atom. The van der Waals surface area contributed by atoms with Crippen LogP contribution in [0, 0.1) is 5.92 Å². The van der Waals surface area contributed by atoms with Gasteiger partial charge in [0, 0.05) is 55.2 Å². The average Bonchev–Trinajstić information content (AvgIpc) is 3.69. The molecule has 5 aromatic rings. The molecule has 3 amide bonds. The van der Waals surface area contributed by atoms with Crippen molar-refractivity contribution < 1.29 is 19.1 Å². The first kappa shape index (κ1) is 35.0. The van der Waals surface area contributed by atoms with Crippen LogP contribution in [0.1, 0.15) is 85.3 Å². The van der Waals surface area contributed by atoms with Crippen LogP contribution in [-0.2, 0) is 16.6 Å². The lowest BCUT2D eigenvalue weighted by molar-refractivity contribution is -0.135. The van der Waals surface area contributed by atoms with Gasteiger partial charge in [-0.25, -0.2) is 4.79 Å². The number of aromatic nitrogens is 5. The van der Waals surface area contributed by atoms with Crippen LogP contribution in [0.5, 0.6) is 5.75 Å². The van der Waals surface area contributed by atoms with E-state index >= 15 is 0 Å². The summed E-state index contributed by atoms with van der Waals surface area (Å²) in [5, 5.41) is 11.6. The highest BCUT2D eigenvalue weighted by atomic mass is 35.5. The molecule has 1 unspecified atom stereocenters. The first-order valence-corrected chi connectivity index (χ1v) is 18.8. The second kappa shape index (κ2) is 14.4. The quantitative estimate of drug-likeness (QED) is 0.196. The molecule has 53 heavy (non-hydrogen) atoms. The first-order chi connectivity index (χ1) is 25.7. The number of benzene rings is 2. The van der Waals surface area contributed by atoms with Crippen molar-refractivity contribution in [1.82, 2.24) is 34.1 Å². The van der Waals surface area contributed by atoms with Crippen molar-refractivity contribution >= 4 is 56.9 Å². The van der Waals surface area contributed by atoms with Crippen molar-refractivity contribution in [1.29, 1.82) is 0 Å². The van der Waals surface area contributed by atoms with E-state index in [1.165, 1.54) is 12.4 Å². The molecule has 2 saturated heterocycles. The number of fused-ring (bicyclic) bond motifs is 2. The van der Waals surface area contributed by atoms with E-state index in [1.807, 2.05) is 30.3 Å². The van der Waals surface area contributed by atoms with Crippen molar-refractivity contribution in [2.24, 2.45) is 13.0 Å². The molecule has 3 fully saturated rings. The molecule has 1 saturated carbocycles. The van der Waals surface area contributed by atoms with Crippen LogP contribution in [0.25, 0.3) is 21.9 Å². The topological polar surface area (TPSA) is 145 Å². The zero-order valence-electron chi connectivity index (χ0n) is 29.9. The van der Waals surface area contributed by atoms with E-state index in [4.69, 9.17) is 21.4 Å². The summed E-state index contributed by atoms with van der Waals surface area (Å²) >= 11 is 6.01. The van der Waals surface area contributed by atoms with Gasteiger partial charge >= 0.3 is 5.69 Å². The van der Waals surface area contributed by atoms with Gasteiger partial charge in [0.2, 0.25) is 11.8 Å². The van der Waals surface area contributed by atoms with Crippen molar-refractivity contribution in [3.8, 4) is 5.75 Å². The Bertz CT molecular complexity index is 2280. The molecule has 276 valence electrons. The number of likely N-dealkylation sites (tertiary alicyclic amines) is 1. The number of methoxy groups -OCH3 is 1. The molecule has 8 rings (SSSR count). The number of amides is 3. The molecule has 0 radical (unpaired) electrons. The van der Waals surface area contributed by atoms with Gasteiger partial charge in [0.1, 0.15) is 11.8 Å². The monoisotopic (exact) mass is 738 g/mol. The van der Waals surface area contributed by atoms with E-state index in [-0.39, 0.29) is 29.8 Å². The molecular weight excluding hydrogens is 696 g/mol. The van der Waals surface area contributed by atoms with Gasteiger partial charge in [0.05, 0.1) is 40.3 Å². The summed E-state index contributed by atoms with van der Waals surface area (Å²) in [6.45, 7) is 2.99. The lowest BCUT2D eigenvalue weighted by atomic mass is 9.84. The second-order valence-electron chi connectivity index (χ2n) is 14.7. The number of hydrogen-bond acceptors (Lipinski definition) is 8. The minimum absolute atomic E-state index is 0.205. The van der Waals surface area contributed by atoms with Crippen molar-refractivity contribution in [2.75, 3.05) is 32.1 Å². The van der Waals surface area contributed by atoms with Gasteiger partial charge < -0.3 is 15.0 Å². The molecule has 0 bridgehead atoms. The maximum Gasteiger partial charge on any atom is 0.329 e. The van der Waals surface area contributed by atoms with E-state index in [0.29, 0.717) is 40.2 Å². The van der Waals surface area contributed by atoms with E-state index < -0.39 is 11.9 Å². The number of imidazole rings is 1. The summed E-state index contributed by atoms with van der Waals surface area (Å²) in [6, 6.07) is 10.7. The first-order valence-electron chi connectivity index (χ1n) is 18.4. The maximum atomic E-state index is 13.6. The number of ether oxygens (including phenoxy) is 1. The highest BCUT2D eigenvalue weighted by Gasteiger charge is 2.34. The smallest absolute Gasteiger partial charge is 0.329 e. The minimum atomic E-state index is -0.722. The molecule has 1 atom stereocenters. The number of carbonyl (C=O) groups is 3. The van der Waals surface area contributed by atoms with E-state index in [2.05, 4.69) is 31.4 Å². The maximum absolute atomic E-state index is 13.6. The third-order valence-corrected chi connectivity index (χ3v) is 11.6. The minimum Gasteiger partial charge on any atom is -0.496 e. The second-order valence-corrected chi connectivity index (χ2v) is 15.1. The number of pyridine rings is 1. The summed E-state index contributed by atoms with van der Waals surface area (Å²) in [7, 11) is 3.42. The van der Waals surface area contributed by atoms with Gasteiger partial charge in [-0.2, -0.15) is 5.10 Å². The van der Waals surface area contributed by atoms with Gasteiger partial charge in [-0.15, -0.1) is 0 Å². The number of rotatable bonds is 8. The third kappa shape index (κ3) is 6.83. The van der Waals surface area contributed by atoms with Crippen LogP contribution in [0.2, 0.25) is 5.02 Å². The molecule has 0 spiro atoms. The standard InChI is InChI=1S/C39H43ClN8O5/c1-45-36-31(48(39(45)52)32-10-12-34(49)43-38(32)51)9-11-33(53-2)35(36)24-13-15-46(16-14-24)21-23-3-6-29(7-4-23)47-22-26-18-28(5-8-30(26)44-47)42-37(50)25-17-27(40)20-41-19-25/h5,8-9,11,17-20,22-24,29,32H,3-4,6-7,10,12-16,21H2,1-2H3,(H,42,50)(H,43,49,51). The van der Waals surface area contributed by atoms with Crippen LogP contribution in [0.4, 0.5) is 5.69 Å². The molecule has 2 N–H and O–H groups in total. The number of aryl methyl sites for hydroxylation is 1. The lowest BCUT2D eigenvalue weighted by Crippen LogP contribution is -2.44. The molecule has 3 aliphatic rings. The third-order valence-electron chi connectivity index (χ3n) is 11.4. The fourth-order valence-corrected chi connectivity index (χ4v) is 8.87. The number of carbonyl (C=O) groups excluding carboxylic acids is 3. The van der Waals surface area contributed by atoms with Gasteiger partial charge in [-0.1, -0.05) is 11.6 Å². The number of halogens is 1. The predicted molar refractivity (Wildman–Crippen MR) is 201 cm³/mol. The number of anilines is 1. The summed E-state index contributed by atoms with van der Waals surface area (Å²) < 4.78 is 11.2. The Hall–Kier alpha value is -5.01. The van der Waals surface area contributed by atoms with Gasteiger partial charge in [0.25, 0.3) is 5.91 Å². The lowest BCUT2D eigenvalue weighted by Gasteiger charge is -2.37. The molecule has 13 nitrogen and oxygen atoms in total. The van der Waals surface area contributed by atoms with Gasteiger partial charge in [-0.05, 0) is 106 Å². The molecule has 14 heteroatoms. The zero-order chi connectivity index (χ0) is 36.8. The van der Waals surface area contributed by atoms with Crippen molar-refractivity contribution in [2.45, 2.75) is 69.4 Å². The van der Waals surface area contributed by atoms with E-state index in [0.717, 1.165) is 85.9 Å². The van der Waals surface area contributed by atoms with Gasteiger partial charge in [-0.3, -0.25) is 38.5 Å². The van der Waals surface area contributed by atoms with Crippen LogP contribution in [0.15, 0.2) is 59.8 Å². The normalized spacial score (nSPS) is 21.6. The number of piperidine rings is 2. The van der Waals surface area contributed by atoms with Crippen molar-refractivity contribution in [3.05, 3.63) is 81.6 Å². The average molecular weight is 739 g/mol. The summed E-state index contributed by atoms with van der Waals surface area (Å²) in [4.78, 5) is 57.5. The fraction of sp³-hybridized carbons (Fsp3) is 0.436. The molecular formula is C39H43ClN8O5. The summed E-state index contributed by atoms with van der Waals surface area (Å²) in [6.07, 6.45) is 11.9. The van der Waals surface area contributed by atoms with Crippen LogP contribution in [0.3, 0.4) is 0 Å². The molecule has 3 aromatic heterocycles. The largest absolute Gasteiger partial charge is 0.496 e. The molecule has 2 aliphatic heterocycles. The number of nitrogens with one attached hydrogen (secondary N) is 2. The Morgan fingerprint density at radius 2 is 1.79 bits per heavy atom. The van der Waals surface area contributed by atoms with Gasteiger partial charge in [0.15, 0.2) is 0 Å². The number of hydrogen-bond donors (Lipinski definition) is 2. The Morgan fingerprint density at radius 1 is 1.00 bits per heavy atom. The SMILES string of the molecule is COc1ccc2c(c1C1CCN(CC3CCC(n4cc5cc(NC(=O)c6cncc(Cl)c6)ccc5n4)CC3)CC1)n(C)c(=O)n2C1CCC(=O)NC1=O. The van der Waals surface area contributed by atoms with Crippen LogP contribution < -0.4 is 21.1 Å². The molecule has 1 aliphatic carbocycles. The van der Waals surface area contributed by atoms with E-state index in [1.54, 1.807) is 29.4 Å². The Labute approximate surface area is 311 Å². The highest BCUT2D eigenvalue weighted by Crippen LogP contribution is 2.41. The van der Waals surface area contributed by atoms with Crippen molar-refractivity contribution in [3.63, 3.8) is 0 Å².